The van der Waals surface area contributed by atoms with Crippen LogP contribution in [0.15, 0.2) is 41.7 Å². The number of hydrogen-bond acceptors (Lipinski definition) is 10. The molecule has 1 aliphatic heterocycles. The first-order valence-electron chi connectivity index (χ1n) is 10.3. The minimum Gasteiger partial charge on any atom is -0.508 e. The average Bonchev–Trinajstić information content (AvgIpc) is 3.27. The van der Waals surface area contributed by atoms with Gasteiger partial charge in [-0.05, 0) is 12.1 Å². The van der Waals surface area contributed by atoms with E-state index in [9.17, 15) is 24.6 Å². The Morgan fingerprint density at radius 3 is 2.17 bits per heavy atom. The molecule has 0 fully saturated rings. The highest BCUT2D eigenvalue weighted by Crippen LogP contribution is 2.47. The van der Waals surface area contributed by atoms with Crippen LogP contribution in [0.3, 0.4) is 0 Å². The van der Waals surface area contributed by atoms with Gasteiger partial charge >= 0.3 is 17.9 Å². The topological polar surface area (TPSA) is 147 Å². The molecular weight excluding hydrogens is 464 g/mol. The molecule has 1 aliphatic rings. The number of carboxylic acids is 1. The molecule has 2 aromatic carbocycles. The average molecular weight is 488 g/mol. The summed E-state index contributed by atoms with van der Waals surface area (Å²) >= 11 is 0. The van der Waals surface area contributed by atoms with E-state index in [0.717, 1.165) is 6.92 Å². The maximum Gasteiger partial charge on any atom is 0.336 e. The number of hydrogen-bond donors (Lipinski definition) is 2. The summed E-state index contributed by atoms with van der Waals surface area (Å²) in [5.74, 6) is -3.70. The van der Waals surface area contributed by atoms with Crippen molar-refractivity contribution in [1.82, 2.24) is 0 Å². The van der Waals surface area contributed by atoms with Crippen molar-refractivity contribution in [2.24, 2.45) is 0 Å². The third kappa shape index (κ3) is 5.57. The van der Waals surface area contributed by atoms with E-state index in [1.54, 1.807) is 12.1 Å². The minimum absolute atomic E-state index is 0.0244. The van der Waals surface area contributed by atoms with E-state index in [1.807, 2.05) is 0 Å². The number of fused-ring (bicyclic) bond motifs is 1. The van der Waals surface area contributed by atoms with E-state index >= 15 is 0 Å². The van der Waals surface area contributed by atoms with Gasteiger partial charge in [0.25, 0.3) is 0 Å². The van der Waals surface area contributed by atoms with Crippen LogP contribution < -0.4 is 23.7 Å². The first kappa shape index (κ1) is 25.2. The molecule has 0 spiro atoms. The quantitative estimate of drug-likeness (QED) is 0.232. The minimum atomic E-state index is -1.51. The van der Waals surface area contributed by atoms with Crippen LogP contribution in [0.2, 0.25) is 0 Å². The van der Waals surface area contributed by atoms with E-state index < -0.39 is 41.8 Å². The summed E-state index contributed by atoms with van der Waals surface area (Å²) in [5, 5.41) is 20.9. The number of carbonyl (C=O) groups excluding carboxylic acids is 2. The second kappa shape index (κ2) is 10.7. The summed E-state index contributed by atoms with van der Waals surface area (Å²) in [7, 11) is 2.83. The van der Waals surface area contributed by atoms with Crippen molar-refractivity contribution < 1.29 is 53.0 Å². The number of benzene rings is 2. The van der Waals surface area contributed by atoms with Gasteiger partial charge in [0, 0.05) is 37.1 Å². The van der Waals surface area contributed by atoms with Crippen LogP contribution in [0.4, 0.5) is 0 Å². The number of aliphatic hydroxyl groups is 1. The lowest BCUT2D eigenvalue weighted by molar-refractivity contribution is -0.141. The summed E-state index contributed by atoms with van der Waals surface area (Å²) in [6.45, 7) is 1.52. The summed E-state index contributed by atoms with van der Waals surface area (Å²) in [6.07, 6.45) is 0. The standard InChI is InChI=1S/C24H24O11/c1-12(25)32-10-17(27)23(24(28)29)22(15-6-5-14(30-3)7-18(15)31-4)16-8-20-21(34-11-33-20)9-19(16)35-13(2)26/h5-9,22,27H,10-11H2,1-4H3,(H,28,29). The summed E-state index contributed by atoms with van der Waals surface area (Å²) < 4.78 is 31.7. The van der Waals surface area contributed by atoms with Crippen LogP contribution in [-0.2, 0) is 19.1 Å². The lowest BCUT2D eigenvalue weighted by Crippen LogP contribution is -2.20. The van der Waals surface area contributed by atoms with Crippen molar-refractivity contribution >= 4 is 17.9 Å². The van der Waals surface area contributed by atoms with Gasteiger partial charge in [-0.25, -0.2) is 4.79 Å². The van der Waals surface area contributed by atoms with Crippen molar-refractivity contribution in [3.8, 4) is 28.7 Å². The van der Waals surface area contributed by atoms with Crippen molar-refractivity contribution in [2.75, 3.05) is 27.6 Å². The molecule has 0 saturated carbocycles. The summed E-state index contributed by atoms with van der Waals surface area (Å²) in [6, 6.07) is 7.50. The van der Waals surface area contributed by atoms with Gasteiger partial charge in [-0.3, -0.25) is 9.59 Å². The molecule has 11 heteroatoms. The smallest absolute Gasteiger partial charge is 0.336 e. The Hall–Kier alpha value is -4.41. The zero-order valence-corrected chi connectivity index (χ0v) is 19.4. The number of esters is 2. The summed E-state index contributed by atoms with van der Waals surface area (Å²) in [4.78, 5) is 35.7. The molecule has 2 aromatic rings. The first-order chi connectivity index (χ1) is 16.7. The molecule has 0 saturated heterocycles. The van der Waals surface area contributed by atoms with Gasteiger partial charge in [0.2, 0.25) is 6.79 Å². The lowest BCUT2D eigenvalue weighted by Gasteiger charge is -2.24. The highest BCUT2D eigenvalue weighted by molar-refractivity contribution is 5.91. The van der Waals surface area contributed by atoms with Crippen molar-refractivity contribution in [3.05, 3.63) is 52.8 Å². The zero-order valence-electron chi connectivity index (χ0n) is 19.4. The number of ether oxygens (including phenoxy) is 6. The molecule has 0 bridgehead atoms. The second-order valence-corrected chi connectivity index (χ2v) is 7.32. The Kier molecular flexibility index (Phi) is 7.69. The molecule has 0 amide bonds. The Morgan fingerprint density at radius 1 is 0.914 bits per heavy atom. The lowest BCUT2D eigenvalue weighted by atomic mass is 9.82. The number of carboxylic acid groups (broad SMARTS) is 1. The molecule has 11 nitrogen and oxygen atoms in total. The third-order valence-electron chi connectivity index (χ3n) is 5.06. The number of methoxy groups -OCH3 is 2. The number of carbonyl (C=O) groups is 3. The fourth-order valence-corrected chi connectivity index (χ4v) is 3.60. The fourth-order valence-electron chi connectivity index (χ4n) is 3.60. The van der Waals surface area contributed by atoms with Crippen molar-refractivity contribution in [3.63, 3.8) is 0 Å². The van der Waals surface area contributed by atoms with E-state index in [0.29, 0.717) is 5.75 Å². The largest absolute Gasteiger partial charge is 0.508 e. The number of aliphatic carboxylic acids is 1. The van der Waals surface area contributed by atoms with Gasteiger partial charge in [-0.2, -0.15) is 0 Å². The van der Waals surface area contributed by atoms with Gasteiger partial charge in [0.1, 0.15) is 29.6 Å². The molecule has 186 valence electrons. The Morgan fingerprint density at radius 2 is 1.60 bits per heavy atom. The van der Waals surface area contributed by atoms with Crippen molar-refractivity contribution in [2.45, 2.75) is 19.8 Å². The van der Waals surface area contributed by atoms with Gasteiger partial charge in [0.05, 0.1) is 25.7 Å². The molecule has 0 radical (unpaired) electrons. The maximum absolute atomic E-state index is 12.5. The van der Waals surface area contributed by atoms with E-state index in [-0.39, 0.29) is 40.9 Å². The molecule has 1 heterocycles. The van der Waals surface area contributed by atoms with Gasteiger partial charge < -0.3 is 38.6 Å². The molecule has 0 aromatic heterocycles. The predicted molar refractivity (Wildman–Crippen MR) is 119 cm³/mol. The van der Waals surface area contributed by atoms with Crippen LogP contribution in [0.25, 0.3) is 0 Å². The van der Waals surface area contributed by atoms with Crippen LogP contribution in [0.1, 0.15) is 30.9 Å². The van der Waals surface area contributed by atoms with Crippen LogP contribution in [0.5, 0.6) is 28.7 Å². The number of rotatable bonds is 9. The van der Waals surface area contributed by atoms with Crippen LogP contribution >= 0.6 is 0 Å². The number of aliphatic hydroxyl groups excluding tert-OH is 1. The van der Waals surface area contributed by atoms with E-state index in [2.05, 4.69) is 0 Å². The SMILES string of the molecule is COc1ccc(C(C(C(=O)O)=C(O)COC(C)=O)c2cc3c(cc2OC(C)=O)OCO3)c(OC)c1. The van der Waals surface area contributed by atoms with Crippen LogP contribution in [-0.4, -0.2) is 55.7 Å². The maximum atomic E-state index is 12.5. The predicted octanol–water partition coefficient (Wildman–Crippen LogP) is 2.95. The summed E-state index contributed by atoms with van der Waals surface area (Å²) in [5.41, 5.74) is -0.103. The molecule has 35 heavy (non-hydrogen) atoms. The highest BCUT2D eigenvalue weighted by atomic mass is 16.7. The first-order valence-corrected chi connectivity index (χ1v) is 10.3. The molecule has 2 N–H and O–H groups in total. The molecule has 1 unspecified atom stereocenters. The monoisotopic (exact) mass is 488 g/mol. The third-order valence-corrected chi connectivity index (χ3v) is 5.06. The zero-order chi connectivity index (χ0) is 25.7. The van der Waals surface area contributed by atoms with Crippen LogP contribution in [0, 0.1) is 0 Å². The Bertz CT molecular complexity index is 1180. The van der Waals surface area contributed by atoms with E-state index in [1.165, 1.54) is 39.3 Å². The molecular formula is C24H24O11. The Balaban J connectivity index is 2.35. The molecule has 3 rings (SSSR count). The normalized spacial score (nSPS) is 13.4. The highest BCUT2D eigenvalue weighted by Gasteiger charge is 2.35. The van der Waals surface area contributed by atoms with Gasteiger partial charge in [0.15, 0.2) is 11.5 Å². The van der Waals surface area contributed by atoms with E-state index in [4.69, 9.17) is 28.4 Å². The van der Waals surface area contributed by atoms with Crippen molar-refractivity contribution in [1.29, 1.82) is 0 Å². The second-order valence-electron chi connectivity index (χ2n) is 7.32. The molecule has 0 aliphatic carbocycles. The van der Waals surface area contributed by atoms with Gasteiger partial charge in [-0.15, -0.1) is 0 Å². The van der Waals surface area contributed by atoms with Gasteiger partial charge in [-0.1, -0.05) is 6.07 Å². The fraction of sp³-hybridized carbons (Fsp3) is 0.292. The Labute approximate surface area is 200 Å². The molecule has 1 atom stereocenters.